The lowest BCUT2D eigenvalue weighted by Gasteiger charge is -2.26. The third-order valence-electron chi connectivity index (χ3n) is 4.96. The minimum atomic E-state index is -3.58. The molecule has 1 aliphatic heterocycles. The van der Waals surface area contributed by atoms with Crippen LogP contribution in [0.5, 0.6) is 0 Å². The molecule has 1 aliphatic rings. The molecule has 0 bridgehead atoms. The Morgan fingerprint density at radius 3 is 2.30 bits per heavy atom. The van der Waals surface area contributed by atoms with Gasteiger partial charge in [-0.05, 0) is 41.3 Å². The first-order chi connectivity index (χ1) is 14.6. The van der Waals surface area contributed by atoms with Crippen molar-refractivity contribution in [1.82, 2.24) is 9.62 Å². The highest BCUT2D eigenvalue weighted by atomic mass is 32.2. The van der Waals surface area contributed by atoms with E-state index in [1.54, 1.807) is 23.5 Å². The quantitative estimate of drug-likeness (QED) is 0.636. The topological polar surface area (TPSA) is 75.7 Å². The Morgan fingerprint density at radius 1 is 0.967 bits per heavy atom. The third kappa shape index (κ3) is 4.46. The van der Waals surface area contributed by atoms with Gasteiger partial charge >= 0.3 is 0 Å². The molecule has 1 aromatic heterocycles. The highest BCUT2D eigenvalue weighted by molar-refractivity contribution is 7.89. The smallest absolute Gasteiger partial charge is 0.252 e. The molecule has 0 saturated carbocycles. The van der Waals surface area contributed by atoms with Crippen molar-refractivity contribution in [2.45, 2.75) is 10.9 Å². The average molecular weight is 443 g/mol. The molecule has 0 spiro atoms. The third-order valence-corrected chi connectivity index (χ3v) is 7.81. The summed E-state index contributed by atoms with van der Waals surface area (Å²) in [4.78, 5) is 14.1. The molecule has 1 amide bonds. The van der Waals surface area contributed by atoms with Crippen molar-refractivity contribution >= 4 is 27.3 Å². The number of nitrogens with zero attached hydrogens (tertiary/aromatic N) is 1. The summed E-state index contributed by atoms with van der Waals surface area (Å²) < 4.78 is 32.2. The number of hydrogen-bond donors (Lipinski definition) is 1. The van der Waals surface area contributed by atoms with Gasteiger partial charge in [0.25, 0.3) is 5.91 Å². The Hall–Kier alpha value is -2.52. The molecule has 1 atom stereocenters. The fraction of sp³-hybridized carbons (Fsp3) is 0.227. The second kappa shape index (κ2) is 9.09. The van der Waals surface area contributed by atoms with Crippen molar-refractivity contribution in [1.29, 1.82) is 0 Å². The van der Waals surface area contributed by atoms with E-state index in [0.717, 1.165) is 10.4 Å². The number of thiophene rings is 1. The molecule has 30 heavy (non-hydrogen) atoms. The Labute approximate surface area is 180 Å². The second-order valence-electron chi connectivity index (χ2n) is 6.87. The number of morpholine rings is 1. The predicted molar refractivity (Wildman–Crippen MR) is 116 cm³/mol. The summed E-state index contributed by atoms with van der Waals surface area (Å²) in [5, 5.41) is 5.04. The van der Waals surface area contributed by atoms with Gasteiger partial charge in [0.2, 0.25) is 10.0 Å². The van der Waals surface area contributed by atoms with Crippen molar-refractivity contribution < 1.29 is 17.9 Å². The van der Waals surface area contributed by atoms with E-state index in [-0.39, 0.29) is 16.8 Å². The molecule has 6 nitrogen and oxygen atoms in total. The molecule has 156 valence electrons. The number of amides is 1. The van der Waals surface area contributed by atoms with Crippen molar-refractivity contribution in [3.8, 4) is 0 Å². The summed E-state index contributed by atoms with van der Waals surface area (Å²) in [5.41, 5.74) is 1.40. The van der Waals surface area contributed by atoms with E-state index in [1.165, 1.54) is 16.4 Å². The number of ether oxygens (including phenoxy) is 1. The van der Waals surface area contributed by atoms with Crippen LogP contribution in [0.4, 0.5) is 0 Å². The number of hydrogen-bond acceptors (Lipinski definition) is 5. The van der Waals surface area contributed by atoms with Crippen molar-refractivity contribution in [2.24, 2.45) is 0 Å². The SMILES string of the molecule is O=C(N[C@H](c1ccccc1)c1cccs1)c1ccc(S(=O)(=O)N2CCOCC2)cc1. The number of rotatable bonds is 6. The molecule has 2 aromatic carbocycles. The van der Waals surface area contributed by atoms with Crippen molar-refractivity contribution in [2.75, 3.05) is 26.3 Å². The van der Waals surface area contributed by atoms with Crippen LogP contribution in [0.1, 0.15) is 26.8 Å². The molecular weight excluding hydrogens is 420 g/mol. The van der Waals surface area contributed by atoms with Gasteiger partial charge in [-0.15, -0.1) is 11.3 Å². The normalized spacial score (nSPS) is 16.1. The lowest BCUT2D eigenvalue weighted by molar-refractivity contribution is 0.0730. The molecule has 8 heteroatoms. The van der Waals surface area contributed by atoms with Gasteiger partial charge in [0, 0.05) is 23.5 Å². The first kappa shape index (κ1) is 20.7. The molecule has 4 rings (SSSR count). The summed E-state index contributed by atoms with van der Waals surface area (Å²) in [6.45, 7) is 1.46. The van der Waals surface area contributed by atoms with E-state index in [2.05, 4.69) is 5.32 Å². The summed E-state index contributed by atoms with van der Waals surface area (Å²) in [7, 11) is -3.58. The maximum atomic E-state index is 12.9. The number of carbonyl (C=O) groups is 1. The molecule has 1 fully saturated rings. The van der Waals surface area contributed by atoms with Crippen LogP contribution in [-0.2, 0) is 14.8 Å². The fourth-order valence-electron chi connectivity index (χ4n) is 3.35. The minimum Gasteiger partial charge on any atom is -0.379 e. The highest BCUT2D eigenvalue weighted by Crippen LogP contribution is 2.26. The van der Waals surface area contributed by atoms with Gasteiger partial charge in [-0.2, -0.15) is 4.31 Å². The van der Waals surface area contributed by atoms with Gasteiger partial charge in [0.15, 0.2) is 0 Å². The average Bonchev–Trinajstić information content (AvgIpc) is 3.33. The Kier molecular flexibility index (Phi) is 6.29. The van der Waals surface area contributed by atoms with E-state index >= 15 is 0 Å². The van der Waals surface area contributed by atoms with Gasteiger partial charge in [0.05, 0.1) is 24.2 Å². The fourth-order valence-corrected chi connectivity index (χ4v) is 5.56. The Morgan fingerprint density at radius 2 is 1.67 bits per heavy atom. The summed E-state index contributed by atoms with van der Waals surface area (Å²) >= 11 is 1.57. The molecule has 0 radical (unpaired) electrons. The molecule has 0 aliphatic carbocycles. The van der Waals surface area contributed by atoms with Crippen LogP contribution in [0.25, 0.3) is 0 Å². The van der Waals surface area contributed by atoms with Gasteiger partial charge in [-0.25, -0.2) is 8.42 Å². The maximum absolute atomic E-state index is 12.9. The minimum absolute atomic E-state index is 0.179. The van der Waals surface area contributed by atoms with Crippen LogP contribution >= 0.6 is 11.3 Å². The first-order valence-corrected chi connectivity index (χ1v) is 11.9. The standard InChI is InChI=1S/C22H22N2O4S2/c25-22(23-21(20-7-4-16-29-20)17-5-2-1-3-6-17)18-8-10-19(11-9-18)30(26,27)24-12-14-28-15-13-24/h1-11,16,21H,12-15H2,(H,23,25)/t21-/m1/s1. The second-order valence-corrected chi connectivity index (χ2v) is 9.79. The van der Waals surface area contributed by atoms with Crippen LogP contribution < -0.4 is 5.32 Å². The molecule has 1 saturated heterocycles. The zero-order chi connectivity index (χ0) is 21.0. The maximum Gasteiger partial charge on any atom is 0.252 e. The van der Waals surface area contributed by atoms with E-state index in [0.29, 0.717) is 31.9 Å². The Balaban J connectivity index is 1.53. The van der Waals surface area contributed by atoms with Crippen molar-refractivity contribution in [3.63, 3.8) is 0 Å². The zero-order valence-electron chi connectivity index (χ0n) is 16.2. The Bertz CT molecular complexity index is 1080. The van der Waals surface area contributed by atoms with Crippen molar-refractivity contribution in [3.05, 3.63) is 88.1 Å². The molecule has 1 N–H and O–H groups in total. The molecule has 2 heterocycles. The van der Waals surface area contributed by atoms with E-state index in [4.69, 9.17) is 4.74 Å². The lowest BCUT2D eigenvalue weighted by atomic mass is 10.0. The van der Waals surface area contributed by atoms with Crippen LogP contribution in [0.3, 0.4) is 0 Å². The summed E-state index contributed by atoms with van der Waals surface area (Å²) in [6, 6.07) is 19.5. The van der Waals surface area contributed by atoms with Crippen LogP contribution in [0.2, 0.25) is 0 Å². The zero-order valence-corrected chi connectivity index (χ0v) is 17.9. The van der Waals surface area contributed by atoms with Crippen LogP contribution in [0.15, 0.2) is 77.0 Å². The monoisotopic (exact) mass is 442 g/mol. The van der Waals surface area contributed by atoms with Crippen LogP contribution in [-0.4, -0.2) is 44.9 Å². The predicted octanol–water partition coefficient (Wildman–Crippen LogP) is 3.29. The molecule has 3 aromatic rings. The number of carbonyl (C=O) groups excluding carboxylic acids is 1. The van der Waals surface area contributed by atoms with E-state index in [9.17, 15) is 13.2 Å². The number of benzene rings is 2. The first-order valence-electron chi connectivity index (χ1n) is 9.63. The largest absolute Gasteiger partial charge is 0.379 e. The van der Waals surface area contributed by atoms with Gasteiger partial charge < -0.3 is 10.1 Å². The summed E-state index contributed by atoms with van der Waals surface area (Å²) in [6.07, 6.45) is 0. The van der Waals surface area contributed by atoms with E-state index in [1.807, 2.05) is 47.8 Å². The van der Waals surface area contributed by atoms with Gasteiger partial charge in [0.1, 0.15) is 0 Å². The highest BCUT2D eigenvalue weighted by Gasteiger charge is 2.26. The lowest BCUT2D eigenvalue weighted by Crippen LogP contribution is -2.40. The number of nitrogens with one attached hydrogen (secondary N) is 1. The summed E-state index contributed by atoms with van der Waals surface area (Å²) in [5.74, 6) is -0.257. The van der Waals surface area contributed by atoms with E-state index < -0.39 is 10.0 Å². The molecular formula is C22H22N2O4S2. The number of sulfonamides is 1. The van der Waals surface area contributed by atoms with Gasteiger partial charge in [-0.1, -0.05) is 36.4 Å². The van der Waals surface area contributed by atoms with Gasteiger partial charge in [-0.3, -0.25) is 4.79 Å². The van der Waals surface area contributed by atoms with Crippen LogP contribution in [0, 0.1) is 0 Å². The molecule has 0 unspecified atom stereocenters.